The van der Waals surface area contributed by atoms with E-state index in [1.807, 2.05) is 4.57 Å². The van der Waals surface area contributed by atoms with Crippen molar-refractivity contribution in [3.05, 3.63) is 46.4 Å². The second kappa shape index (κ2) is 10.2. The third kappa shape index (κ3) is 4.29. The number of aromatic nitrogens is 8. The van der Waals surface area contributed by atoms with Crippen LogP contribution < -0.4 is 22.5 Å². The normalized spacial score (nSPS) is 11.8. The standard InChI is InChI=1S/C22H29BrN8O4S/c1-6-7-8-10-31-14-16(27(3)22(35)29(5)18(14)33)25-20(31)36-12-9-11-30-13-15(24-19(30)23)26(2)21(34)28(4)17(13)32/h6-12H2,1-5H3. The molecule has 12 nitrogen and oxygen atoms in total. The maximum atomic E-state index is 12.9. The van der Waals surface area contributed by atoms with Crippen LogP contribution >= 0.6 is 27.7 Å². The van der Waals surface area contributed by atoms with Crippen molar-refractivity contribution in [1.29, 1.82) is 0 Å². The highest BCUT2D eigenvalue weighted by Gasteiger charge is 2.20. The Morgan fingerprint density at radius 3 is 1.83 bits per heavy atom. The van der Waals surface area contributed by atoms with E-state index >= 15 is 0 Å². The predicted molar refractivity (Wildman–Crippen MR) is 143 cm³/mol. The molecule has 0 amide bonds. The molecule has 0 spiro atoms. The summed E-state index contributed by atoms with van der Waals surface area (Å²) in [4.78, 5) is 59.4. The van der Waals surface area contributed by atoms with Crippen LogP contribution in [0.15, 0.2) is 29.1 Å². The molecule has 4 rings (SSSR count). The summed E-state index contributed by atoms with van der Waals surface area (Å²) in [5.74, 6) is 0.656. The van der Waals surface area contributed by atoms with E-state index in [1.165, 1.54) is 35.0 Å². The van der Waals surface area contributed by atoms with E-state index in [1.54, 1.807) is 18.7 Å². The summed E-state index contributed by atoms with van der Waals surface area (Å²) in [5.41, 5.74) is -0.0647. The largest absolute Gasteiger partial charge is 0.332 e. The zero-order valence-corrected chi connectivity index (χ0v) is 23.3. The van der Waals surface area contributed by atoms with Gasteiger partial charge in [-0.3, -0.25) is 27.9 Å². The van der Waals surface area contributed by atoms with Gasteiger partial charge in [0.1, 0.15) is 0 Å². The maximum absolute atomic E-state index is 12.9. The average Bonchev–Trinajstić information content (AvgIpc) is 3.39. The fourth-order valence-electron chi connectivity index (χ4n) is 4.27. The van der Waals surface area contributed by atoms with Crippen molar-refractivity contribution in [3.63, 3.8) is 0 Å². The molecular weight excluding hydrogens is 552 g/mol. The van der Waals surface area contributed by atoms with Crippen molar-refractivity contribution in [3.8, 4) is 0 Å². The molecule has 0 aromatic carbocycles. The number of unbranched alkanes of at least 4 members (excludes halogenated alkanes) is 2. The Morgan fingerprint density at radius 2 is 1.25 bits per heavy atom. The molecule has 0 unspecified atom stereocenters. The minimum absolute atomic E-state index is 0.331. The van der Waals surface area contributed by atoms with Crippen LogP contribution in [0.3, 0.4) is 0 Å². The first-order chi connectivity index (χ1) is 17.1. The highest BCUT2D eigenvalue weighted by atomic mass is 79.9. The first kappa shape index (κ1) is 26.2. The molecule has 14 heteroatoms. The molecule has 0 atom stereocenters. The van der Waals surface area contributed by atoms with E-state index in [0.29, 0.717) is 57.5 Å². The number of hydrogen-bond donors (Lipinski definition) is 0. The zero-order valence-electron chi connectivity index (χ0n) is 20.9. The summed E-state index contributed by atoms with van der Waals surface area (Å²) in [5, 5.41) is 0.687. The Labute approximate surface area is 218 Å². The van der Waals surface area contributed by atoms with Gasteiger partial charge in [0, 0.05) is 47.0 Å². The van der Waals surface area contributed by atoms with Gasteiger partial charge in [0.25, 0.3) is 11.1 Å². The number of hydrogen-bond acceptors (Lipinski definition) is 7. The Balaban J connectivity index is 1.62. The number of halogens is 1. The van der Waals surface area contributed by atoms with Gasteiger partial charge in [0.05, 0.1) is 0 Å². The molecule has 0 aliphatic rings. The molecule has 0 N–H and O–H groups in total. The van der Waals surface area contributed by atoms with Gasteiger partial charge in [0.15, 0.2) is 32.2 Å². The minimum atomic E-state index is -0.428. The van der Waals surface area contributed by atoms with Crippen LogP contribution in [0.4, 0.5) is 0 Å². The van der Waals surface area contributed by atoms with Gasteiger partial charge in [-0.25, -0.2) is 19.6 Å². The fraction of sp³-hybridized carbons (Fsp3) is 0.545. The summed E-state index contributed by atoms with van der Waals surface area (Å²) >= 11 is 4.93. The van der Waals surface area contributed by atoms with Gasteiger partial charge in [-0.2, -0.15) is 0 Å². The first-order valence-corrected chi connectivity index (χ1v) is 13.5. The molecule has 4 aromatic rings. The molecule has 0 radical (unpaired) electrons. The molecule has 194 valence electrons. The van der Waals surface area contributed by atoms with Crippen LogP contribution in [0.25, 0.3) is 22.3 Å². The van der Waals surface area contributed by atoms with Crippen LogP contribution in [0.2, 0.25) is 0 Å². The molecule has 4 heterocycles. The monoisotopic (exact) mass is 580 g/mol. The van der Waals surface area contributed by atoms with Crippen LogP contribution in [0.1, 0.15) is 32.6 Å². The third-order valence-corrected chi connectivity index (χ3v) is 8.02. The molecule has 36 heavy (non-hydrogen) atoms. The van der Waals surface area contributed by atoms with Crippen molar-refractivity contribution < 1.29 is 0 Å². The lowest BCUT2D eigenvalue weighted by Crippen LogP contribution is -2.37. The summed E-state index contributed by atoms with van der Waals surface area (Å²) < 4.78 is 9.12. The zero-order chi connectivity index (χ0) is 26.3. The highest BCUT2D eigenvalue weighted by molar-refractivity contribution is 9.10. The van der Waals surface area contributed by atoms with Gasteiger partial charge >= 0.3 is 11.4 Å². The maximum Gasteiger partial charge on any atom is 0.332 e. The van der Waals surface area contributed by atoms with Gasteiger partial charge in [-0.1, -0.05) is 31.5 Å². The van der Waals surface area contributed by atoms with Crippen molar-refractivity contribution >= 4 is 50.0 Å². The molecular formula is C22H29BrN8O4S. The van der Waals surface area contributed by atoms with Gasteiger partial charge < -0.3 is 9.13 Å². The Kier molecular flexibility index (Phi) is 7.46. The predicted octanol–water partition coefficient (Wildman–Crippen LogP) is 1.32. The molecule has 4 aromatic heterocycles. The average molecular weight is 581 g/mol. The molecule has 0 saturated carbocycles. The molecule has 0 fully saturated rings. The van der Waals surface area contributed by atoms with Gasteiger partial charge in [-0.05, 0) is 28.8 Å². The fourth-order valence-corrected chi connectivity index (χ4v) is 5.74. The minimum Gasteiger partial charge on any atom is -0.313 e. The Hall–Kier alpha value is -2.87. The lowest BCUT2D eigenvalue weighted by Gasteiger charge is -2.10. The van der Waals surface area contributed by atoms with E-state index in [4.69, 9.17) is 0 Å². The molecule has 0 bridgehead atoms. The number of aryl methyl sites for hydroxylation is 4. The number of rotatable bonds is 9. The lowest BCUT2D eigenvalue weighted by atomic mass is 10.2. The van der Waals surface area contributed by atoms with Crippen molar-refractivity contribution in [2.24, 2.45) is 28.2 Å². The first-order valence-electron chi connectivity index (χ1n) is 11.7. The van der Waals surface area contributed by atoms with Crippen molar-refractivity contribution in [2.75, 3.05) is 5.75 Å². The van der Waals surface area contributed by atoms with Crippen LogP contribution in [0.5, 0.6) is 0 Å². The summed E-state index contributed by atoms with van der Waals surface area (Å²) in [6.07, 6.45) is 3.65. The topological polar surface area (TPSA) is 124 Å². The quantitative estimate of drug-likeness (QED) is 0.166. The van der Waals surface area contributed by atoms with E-state index in [0.717, 1.165) is 28.4 Å². The van der Waals surface area contributed by atoms with Gasteiger partial charge in [0.2, 0.25) is 0 Å². The van der Waals surface area contributed by atoms with Crippen LogP contribution in [0, 0.1) is 0 Å². The number of fused-ring (bicyclic) bond motifs is 2. The number of imidazole rings is 2. The second-order valence-electron chi connectivity index (χ2n) is 8.74. The molecule has 0 aliphatic heterocycles. The SMILES string of the molecule is CCCCCn1c(SCCCn2c(Br)nc3c2c(=O)n(C)c(=O)n3C)nc2c1c(=O)n(C)c(=O)n2C. The number of thioether (sulfide) groups is 1. The van der Waals surface area contributed by atoms with Crippen LogP contribution in [-0.2, 0) is 41.3 Å². The second-order valence-corrected chi connectivity index (χ2v) is 10.5. The van der Waals surface area contributed by atoms with Gasteiger partial charge in [-0.15, -0.1) is 0 Å². The number of nitrogens with zero attached hydrogens (tertiary/aromatic N) is 8. The Morgan fingerprint density at radius 1 is 0.722 bits per heavy atom. The molecule has 0 aliphatic carbocycles. The third-order valence-electron chi connectivity index (χ3n) is 6.36. The lowest BCUT2D eigenvalue weighted by molar-refractivity contribution is 0.575. The van der Waals surface area contributed by atoms with Crippen molar-refractivity contribution in [1.82, 2.24) is 37.4 Å². The highest BCUT2D eigenvalue weighted by Crippen LogP contribution is 2.24. The van der Waals surface area contributed by atoms with Crippen LogP contribution in [-0.4, -0.2) is 43.1 Å². The van der Waals surface area contributed by atoms with E-state index in [-0.39, 0.29) is 5.56 Å². The molecule has 0 saturated heterocycles. The summed E-state index contributed by atoms with van der Waals surface area (Å²) in [6, 6.07) is 0. The smallest absolute Gasteiger partial charge is 0.313 e. The van der Waals surface area contributed by atoms with E-state index < -0.39 is 16.9 Å². The summed E-state index contributed by atoms with van der Waals surface area (Å²) in [6.45, 7) is 3.25. The summed E-state index contributed by atoms with van der Waals surface area (Å²) in [7, 11) is 6.14. The van der Waals surface area contributed by atoms with E-state index in [9.17, 15) is 19.2 Å². The van der Waals surface area contributed by atoms with Crippen molar-refractivity contribution in [2.45, 2.75) is 50.9 Å². The van der Waals surface area contributed by atoms with E-state index in [2.05, 4.69) is 32.8 Å². The Bertz CT molecular complexity index is 1700.